The number of hydrogen-bond acceptors (Lipinski definition) is 1. The number of rotatable bonds is 0. The van der Waals surface area contributed by atoms with Crippen LogP contribution in [0.2, 0.25) is 6.82 Å². The molecule has 0 radical (unpaired) electrons. The fourth-order valence-electron chi connectivity index (χ4n) is 1.50. The maximum absolute atomic E-state index is 6.11. The Labute approximate surface area is 80.3 Å². The van der Waals surface area contributed by atoms with E-state index < -0.39 is 0 Å². The van der Waals surface area contributed by atoms with E-state index in [2.05, 4.69) is 34.5 Å². The van der Waals surface area contributed by atoms with Crippen molar-refractivity contribution < 1.29 is 0 Å². The van der Waals surface area contributed by atoms with E-state index in [-0.39, 0.29) is 0 Å². The van der Waals surface area contributed by atoms with Crippen LogP contribution in [0.1, 0.15) is 27.7 Å². The van der Waals surface area contributed by atoms with Gasteiger partial charge in [-0.1, -0.05) is 17.9 Å². The van der Waals surface area contributed by atoms with Crippen LogP contribution in [0.3, 0.4) is 0 Å². The van der Waals surface area contributed by atoms with Crippen LogP contribution >= 0.6 is 11.8 Å². The molecule has 0 fully saturated rings. The van der Waals surface area contributed by atoms with Gasteiger partial charge >= 0.3 is 0 Å². The summed E-state index contributed by atoms with van der Waals surface area (Å²) in [5.74, 6) is 0. The summed E-state index contributed by atoms with van der Waals surface area (Å²) in [6, 6.07) is 0. The van der Waals surface area contributed by atoms with E-state index >= 15 is 0 Å². The lowest BCUT2D eigenvalue weighted by Gasteiger charge is -2.30. The maximum Gasteiger partial charge on any atom is 0.300 e. The highest BCUT2D eigenvalue weighted by Crippen LogP contribution is 2.30. The monoisotopic (exact) mass is 183 g/mol. The maximum atomic E-state index is 6.11. The first-order valence-electron chi connectivity index (χ1n) is 4.27. The van der Waals surface area contributed by atoms with E-state index in [4.69, 9.17) is 11.8 Å². The molecule has 12 heavy (non-hydrogen) atoms. The summed E-state index contributed by atoms with van der Waals surface area (Å²) in [7, 11) is 0. The van der Waals surface area contributed by atoms with Crippen LogP contribution in [-0.4, -0.2) is 11.2 Å². The molecule has 0 amide bonds. The first-order chi connectivity index (χ1) is 5.46. The zero-order valence-electron chi connectivity index (χ0n) is 8.40. The van der Waals surface area contributed by atoms with Gasteiger partial charge in [0.25, 0.3) is 6.85 Å². The molecule has 1 rings (SSSR count). The highest BCUT2D eigenvalue weighted by Gasteiger charge is 2.26. The molecule has 1 aliphatic heterocycles. The van der Waals surface area contributed by atoms with Crippen LogP contribution in [0.5, 0.6) is 0 Å². The van der Waals surface area contributed by atoms with Crippen LogP contribution in [0.25, 0.3) is 0 Å². The van der Waals surface area contributed by atoms with Crippen molar-refractivity contribution in [2.24, 2.45) is 0 Å². The van der Waals surface area contributed by atoms with Crippen LogP contribution in [0.4, 0.5) is 0 Å². The minimum atomic E-state index is 0.329. The number of nitrogens with zero attached hydrogens (tertiary/aromatic N) is 1. The second-order valence-corrected chi connectivity index (χ2v) is 3.87. The summed E-state index contributed by atoms with van der Waals surface area (Å²) in [6.45, 7) is 10.9. The second kappa shape index (κ2) is 3.17. The van der Waals surface area contributed by atoms with Gasteiger partial charge in [0, 0.05) is 5.70 Å². The Balaban J connectivity index is 3.18. The fraction of sp³-hybridized carbons (Fsp3) is 0.556. The summed E-state index contributed by atoms with van der Waals surface area (Å²) in [5.41, 5.74) is 5.23. The molecular weight excluding hydrogens is 168 g/mol. The highest BCUT2D eigenvalue weighted by atomic mass is 35.5. The fourth-order valence-corrected chi connectivity index (χ4v) is 1.77. The summed E-state index contributed by atoms with van der Waals surface area (Å²) in [5, 5.41) is 0. The standard InChI is InChI=1S/C9H15BClN/c1-6-7(2)9(4)12(11)10(5)8(6)3/h1-5H3. The molecule has 0 unspecified atom stereocenters. The number of hydrogen-bond donors (Lipinski definition) is 0. The average molecular weight is 183 g/mol. The predicted octanol–water partition coefficient (Wildman–Crippen LogP) is 3.25. The Morgan fingerprint density at radius 1 is 1.08 bits per heavy atom. The molecule has 1 heterocycles. The van der Waals surface area contributed by atoms with Gasteiger partial charge in [-0.25, -0.2) is 0 Å². The quantitative estimate of drug-likeness (QED) is 0.412. The first kappa shape index (κ1) is 9.72. The molecule has 1 nitrogen and oxygen atoms in total. The lowest BCUT2D eigenvalue weighted by atomic mass is 9.54. The molecule has 0 aliphatic carbocycles. The molecule has 66 valence electrons. The summed E-state index contributed by atoms with van der Waals surface area (Å²) in [6.07, 6.45) is 0. The lowest BCUT2D eigenvalue weighted by Crippen LogP contribution is -2.33. The van der Waals surface area contributed by atoms with Gasteiger partial charge < -0.3 is 4.33 Å². The summed E-state index contributed by atoms with van der Waals surface area (Å²) in [4.78, 5) is 0. The molecule has 3 heteroatoms. The third-order valence-corrected chi connectivity index (χ3v) is 3.53. The summed E-state index contributed by atoms with van der Waals surface area (Å²) >= 11 is 6.11. The molecular formula is C9H15BClN. The topological polar surface area (TPSA) is 3.24 Å². The molecule has 0 saturated carbocycles. The Kier molecular flexibility index (Phi) is 2.57. The Bertz CT molecular complexity index is 240. The SMILES string of the molecule is CB1C(C)=C(C)C(C)=C(C)N1Cl. The molecule has 0 spiro atoms. The van der Waals surface area contributed by atoms with Gasteiger partial charge in [0.05, 0.1) is 0 Å². The minimum Gasteiger partial charge on any atom is -0.329 e. The smallest absolute Gasteiger partial charge is 0.300 e. The van der Waals surface area contributed by atoms with Crippen molar-refractivity contribution in [3.8, 4) is 0 Å². The zero-order chi connectivity index (χ0) is 9.46. The van der Waals surface area contributed by atoms with E-state index in [0.717, 1.165) is 0 Å². The molecule has 0 aromatic rings. The zero-order valence-corrected chi connectivity index (χ0v) is 9.16. The van der Waals surface area contributed by atoms with E-state index in [9.17, 15) is 0 Å². The van der Waals surface area contributed by atoms with Gasteiger partial charge in [0.15, 0.2) is 0 Å². The highest BCUT2D eigenvalue weighted by molar-refractivity contribution is 6.68. The molecule has 0 aromatic heterocycles. The van der Waals surface area contributed by atoms with Crippen molar-refractivity contribution in [2.75, 3.05) is 0 Å². The van der Waals surface area contributed by atoms with Crippen molar-refractivity contribution in [3.63, 3.8) is 0 Å². The molecule has 0 N–H and O–H groups in total. The van der Waals surface area contributed by atoms with E-state index in [1.54, 1.807) is 0 Å². The number of allylic oxidation sites excluding steroid dienone is 4. The van der Waals surface area contributed by atoms with Crippen molar-refractivity contribution in [1.82, 2.24) is 4.33 Å². The molecule has 0 atom stereocenters. The Morgan fingerprint density at radius 2 is 1.58 bits per heavy atom. The van der Waals surface area contributed by atoms with Crippen molar-refractivity contribution in [2.45, 2.75) is 34.5 Å². The Morgan fingerprint density at radius 3 is 2.08 bits per heavy atom. The van der Waals surface area contributed by atoms with E-state index in [1.807, 2.05) is 4.33 Å². The van der Waals surface area contributed by atoms with Crippen LogP contribution in [0.15, 0.2) is 22.3 Å². The molecule has 0 bridgehead atoms. The van der Waals surface area contributed by atoms with Crippen LogP contribution < -0.4 is 0 Å². The first-order valence-corrected chi connectivity index (χ1v) is 4.60. The molecule has 1 aliphatic rings. The molecule has 0 aromatic carbocycles. The van der Waals surface area contributed by atoms with Crippen LogP contribution in [0, 0.1) is 0 Å². The second-order valence-electron chi connectivity index (χ2n) is 3.51. The minimum absolute atomic E-state index is 0.329. The van der Waals surface area contributed by atoms with Crippen molar-refractivity contribution in [1.29, 1.82) is 0 Å². The van der Waals surface area contributed by atoms with Crippen LogP contribution in [-0.2, 0) is 0 Å². The van der Waals surface area contributed by atoms with Gasteiger partial charge in [0.2, 0.25) is 0 Å². The van der Waals surface area contributed by atoms with Gasteiger partial charge in [-0.15, -0.1) is 0 Å². The van der Waals surface area contributed by atoms with Crippen molar-refractivity contribution >= 4 is 18.6 Å². The normalized spacial score (nSPS) is 19.5. The predicted molar refractivity (Wildman–Crippen MR) is 56.1 cm³/mol. The molecule has 0 saturated heterocycles. The third-order valence-electron chi connectivity index (χ3n) is 2.98. The largest absolute Gasteiger partial charge is 0.329 e. The lowest BCUT2D eigenvalue weighted by molar-refractivity contribution is 0.806. The van der Waals surface area contributed by atoms with E-state index in [1.165, 1.54) is 22.3 Å². The van der Waals surface area contributed by atoms with Gasteiger partial charge in [-0.05, 0) is 45.0 Å². The van der Waals surface area contributed by atoms with Gasteiger partial charge in [-0.2, -0.15) is 0 Å². The Hall–Kier alpha value is -0.365. The number of halogens is 1. The average Bonchev–Trinajstić information content (AvgIpc) is 2.08. The van der Waals surface area contributed by atoms with Crippen molar-refractivity contribution in [3.05, 3.63) is 22.3 Å². The summed E-state index contributed by atoms with van der Waals surface area (Å²) < 4.78 is 1.82. The van der Waals surface area contributed by atoms with Gasteiger partial charge in [0.1, 0.15) is 0 Å². The third kappa shape index (κ3) is 1.29. The van der Waals surface area contributed by atoms with E-state index in [0.29, 0.717) is 6.85 Å². The van der Waals surface area contributed by atoms with Gasteiger partial charge in [-0.3, -0.25) is 0 Å².